The molecule has 0 aliphatic rings. The molecule has 4 heteroatoms. The first-order valence-corrected chi connectivity index (χ1v) is 5.11. The summed E-state index contributed by atoms with van der Waals surface area (Å²) in [6.45, 7) is 0. The standard InChI is InChI=1S/C13H12N2O2/c14-10-4-6-11(7-5-10)15-13(17)9-2-1-3-12(16)8-9/h1-8,16H,14H2,(H,15,17). The molecular weight excluding hydrogens is 216 g/mol. The van der Waals surface area contributed by atoms with Crippen LogP contribution in [0.4, 0.5) is 11.4 Å². The second kappa shape index (κ2) is 4.57. The highest BCUT2D eigenvalue weighted by Crippen LogP contribution is 2.14. The molecule has 4 nitrogen and oxygen atoms in total. The summed E-state index contributed by atoms with van der Waals surface area (Å²) >= 11 is 0. The van der Waals surface area contributed by atoms with Gasteiger partial charge in [0.1, 0.15) is 5.75 Å². The van der Waals surface area contributed by atoms with Gasteiger partial charge in [0.25, 0.3) is 5.91 Å². The van der Waals surface area contributed by atoms with Crippen LogP contribution in [0.15, 0.2) is 48.5 Å². The molecular formula is C13H12N2O2. The van der Waals surface area contributed by atoms with E-state index in [1.807, 2.05) is 0 Å². The van der Waals surface area contributed by atoms with Gasteiger partial charge in [-0.3, -0.25) is 4.79 Å². The van der Waals surface area contributed by atoms with Gasteiger partial charge in [0.05, 0.1) is 0 Å². The van der Waals surface area contributed by atoms with E-state index in [-0.39, 0.29) is 11.7 Å². The minimum absolute atomic E-state index is 0.0648. The second-order valence-electron chi connectivity index (χ2n) is 3.63. The molecule has 17 heavy (non-hydrogen) atoms. The van der Waals surface area contributed by atoms with Crippen molar-refractivity contribution in [2.45, 2.75) is 0 Å². The Kier molecular flexibility index (Phi) is 2.96. The maximum atomic E-state index is 11.8. The van der Waals surface area contributed by atoms with Crippen molar-refractivity contribution in [1.29, 1.82) is 0 Å². The Hall–Kier alpha value is -2.49. The van der Waals surface area contributed by atoms with E-state index in [2.05, 4.69) is 5.32 Å². The Bertz CT molecular complexity index is 535. The van der Waals surface area contributed by atoms with Crippen LogP contribution in [0.1, 0.15) is 10.4 Å². The fourth-order valence-electron chi connectivity index (χ4n) is 1.42. The number of aromatic hydroxyl groups is 1. The van der Waals surface area contributed by atoms with Crippen molar-refractivity contribution < 1.29 is 9.90 Å². The Morgan fingerprint density at radius 3 is 2.47 bits per heavy atom. The van der Waals surface area contributed by atoms with E-state index in [0.29, 0.717) is 16.9 Å². The van der Waals surface area contributed by atoms with Crippen LogP contribution in [0.5, 0.6) is 5.75 Å². The highest BCUT2D eigenvalue weighted by atomic mass is 16.3. The largest absolute Gasteiger partial charge is 0.508 e. The van der Waals surface area contributed by atoms with Gasteiger partial charge in [-0.05, 0) is 42.5 Å². The summed E-state index contributed by atoms with van der Waals surface area (Å²) in [7, 11) is 0. The summed E-state index contributed by atoms with van der Waals surface area (Å²) < 4.78 is 0. The van der Waals surface area contributed by atoms with Gasteiger partial charge in [0.15, 0.2) is 0 Å². The molecule has 0 aromatic heterocycles. The Labute approximate surface area is 98.7 Å². The molecule has 0 atom stereocenters. The zero-order valence-corrected chi connectivity index (χ0v) is 9.05. The van der Waals surface area contributed by atoms with Crippen molar-refractivity contribution in [3.8, 4) is 5.75 Å². The van der Waals surface area contributed by atoms with Gasteiger partial charge in [-0.15, -0.1) is 0 Å². The van der Waals surface area contributed by atoms with E-state index in [0.717, 1.165) is 0 Å². The lowest BCUT2D eigenvalue weighted by molar-refractivity contribution is 0.102. The number of benzene rings is 2. The molecule has 0 heterocycles. The molecule has 0 fully saturated rings. The summed E-state index contributed by atoms with van der Waals surface area (Å²) in [6.07, 6.45) is 0. The number of anilines is 2. The van der Waals surface area contributed by atoms with Crippen molar-refractivity contribution >= 4 is 17.3 Å². The SMILES string of the molecule is Nc1ccc(NC(=O)c2cccc(O)c2)cc1. The summed E-state index contributed by atoms with van der Waals surface area (Å²) in [4.78, 5) is 11.8. The number of nitrogens with two attached hydrogens (primary N) is 1. The summed E-state index contributed by atoms with van der Waals surface area (Å²) in [5.74, 6) is -0.208. The van der Waals surface area contributed by atoms with Crippen LogP contribution in [-0.2, 0) is 0 Å². The van der Waals surface area contributed by atoms with Crippen LogP contribution in [0.2, 0.25) is 0 Å². The predicted molar refractivity (Wildman–Crippen MR) is 66.9 cm³/mol. The molecule has 0 aliphatic carbocycles. The molecule has 2 aromatic rings. The molecule has 0 saturated heterocycles. The quantitative estimate of drug-likeness (QED) is 0.690. The van der Waals surface area contributed by atoms with Gasteiger partial charge in [0, 0.05) is 16.9 Å². The third-order valence-corrected chi connectivity index (χ3v) is 2.28. The molecule has 0 unspecified atom stereocenters. The average molecular weight is 228 g/mol. The van der Waals surface area contributed by atoms with Gasteiger partial charge >= 0.3 is 0 Å². The highest BCUT2D eigenvalue weighted by Gasteiger charge is 2.06. The van der Waals surface area contributed by atoms with Crippen LogP contribution < -0.4 is 11.1 Å². The fraction of sp³-hybridized carbons (Fsp3) is 0. The number of rotatable bonds is 2. The predicted octanol–water partition coefficient (Wildman–Crippen LogP) is 2.23. The average Bonchev–Trinajstić information content (AvgIpc) is 2.32. The molecule has 0 aliphatic heterocycles. The van der Waals surface area contributed by atoms with Crippen molar-refractivity contribution in [2.24, 2.45) is 0 Å². The lowest BCUT2D eigenvalue weighted by Crippen LogP contribution is -2.11. The Balaban J connectivity index is 2.14. The van der Waals surface area contributed by atoms with E-state index < -0.39 is 0 Å². The highest BCUT2D eigenvalue weighted by molar-refractivity contribution is 6.04. The van der Waals surface area contributed by atoms with E-state index in [1.54, 1.807) is 36.4 Å². The van der Waals surface area contributed by atoms with Crippen LogP contribution in [-0.4, -0.2) is 11.0 Å². The van der Waals surface area contributed by atoms with E-state index in [1.165, 1.54) is 12.1 Å². The molecule has 1 amide bonds. The van der Waals surface area contributed by atoms with Gasteiger partial charge in [-0.25, -0.2) is 0 Å². The zero-order valence-electron chi connectivity index (χ0n) is 9.05. The maximum absolute atomic E-state index is 11.8. The first-order valence-electron chi connectivity index (χ1n) is 5.11. The molecule has 2 rings (SSSR count). The van der Waals surface area contributed by atoms with Crippen molar-refractivity contribution in [2.75, 3.05) is 11.1 Å². The summed E-state index contributed by atoms with van der Waals surface area (Å²) in [5, 5.41) is 12.0. The van der Waals surface area contributed by atoms with Crippen LogP contribution in [0.3, 0.4) is 0 Å². The lowest BCUT2D eigenvalue weighted by Gasteiger charge is -2.05. The van der Waals surface area contributed by atoms with E-state index in [9.17, 15) is 9.90 Å². The number of nitrogen functional groups attached to an aromatic ring is 1. The van der Waals surface area contributed by atoms with Gasteiger partial charge in [0.2, 0.25) is 0 Å². The molecule has 0 bridgehead atoms. The molecule has 2 aromatic carbocycles. The fourth-order valence-corrected chi connectivity index (χ4v) is 1.42. The summed E-state index contributed by atoms with van der Waals surface area (Å²) in [5.41, 5.74) is 7.25. The van der Waals surface area contributed by atoms with E-state index >= 15 is 0 Å². The number of phenolic OH excluding ortho intramolecular Hbond substituents is 1. The molecule has 0 spiro atoms. The maximum Gasteiger partial charge on any atom is 0.255 e. The Morgan fingerprint density at radius 2 is 1.82 bits per heavy atom. The first kappa shape index (κ1) is 11.0. The molecule has 4 N–H and O–H groups in total. The third-order valence-electron chi connectivity index (χ3n) is 2.28. The van der Waals surface area contributed by atoms with Crippen LogP contribution in [0.25, 0.3) is 0 Å². The van der Waals surface area contributed by atoms with Crippen molar-refractivity contribution in [1.82, 2.24) is 0 Å². The van der Waals surface area contributed by atoms with Crippen molar-refractivity contribution in [3.63, 3.8) is 0 Å². The van der Waals surface area contributed by atoms with Crippen LogP contribution >= 0.6 is 0 Å². The zero-order chi connectivity index (χ0) is 12.3. The smallest absolute Gasteiger partial charge is 0.255 e. The molecule has 0 radical (unpaired) electrons. The first-order chi connectivity index (χ1) is 8.15. The van der Waals surface area contributed by atoms with Crippen LogP contribution in [0, 0.1) is 0 Å². The number of hydrogen-bond donors (Lipinski definition) is 3. The Morgan fingerprint density at radius 1 is 1.12 bits per heavy atom. The molecule has 86 valence electrons. The minimum Gasteiger partial charge on any atom is -0.508 e. The minimum atomic E-state index is -0.273. The number of carbonyl (C=O) groups is 1. The number of amides is 1. The van der Waals surface area contributed by atoms with Gasteiger partial charge in [-0.2, -0.15) is 0 Å². The summed E-state index contributed by atoms with van der Waals surface area (Å²) in [6, 6.07) is 13.0. The molecule has 0 saturated carbocycles. The number of hydrogen-bond acceptors (Lipinski definition) is 3. The normalized spacial score (nSPS) is 9.88. The van der Waals surface area contributed by atoms with Crippen molar-refractivity contribution in [3.05, 3.63) is 54.1 Å². The van der Waals surface area contributed by atoms with E-state index in [4.69, 9.17) is 5.73 Å². The third kappa shape index (κ3) is 2.75. The second-order valence-corrected chi connectivity index (χ2v) is 3.63. The lowest BCUT2D eigenvalue weighted by atomic mass is 10.2. The number of phenols is 1. The number of carbonyl (C=O) groups excluding carboxylic acids is 1. The topological polar surface area (TPSA) is 75.3 Å². The van der Waals surface area contributed by atoms with Gasteiger partial charge in [-0.1, -0.05) is 6.07 Å². The van der Waals surface area contributed by atoms with Gasteiger partial charge < -0.3 is 16.2 Å². The number of nitrogens with one attached hydrogen (secondary N) is 1. The monoisotopic (exact) mass is 228 g/mol.